The van der Waals surface area contributed by atoms with Gasteiger partial charge in [0.2, 0.25) is 0 Å². The highest BCUT2D eigenvalue weighted by Gasteiger charge is 2.23. The van der Waals surface area contributed by atoms with E-state index in [0.717, 1.165) is 12.1 Å². The van der Waals surface area contributed by atoms with Crippen molar-refractivity contribution in [2.45, 2.75) is 31.8 Å². The highest BCUT2D eigenvalue weighted by molar-refractivity contribution is 5.76. The Morgan fingerprint density at radius 3 is 2.88 bits per heavy atom. The Bertz CT molecular complexity index is 527. The van der Waals surface area contributed by atoms with Gasteiger partial charge in [-0.2, -0.15) is 0 Å². The molecule has 1 aromatic heterocycles. The number of hydrogen-bond acceptors (Lipinski definition) is 2. The first-order valence-electron chi connectivity index (χ1n) is 6.39. The summed E-state index contributed by atoms with van der Waals surface area (Å²) in [6.07, 6.45) is 3.77. The fraction of sp³-hybridized carbons (Fsp3) is 0.500. The fourth-order valence-electron chi connectivity index (χ4n) is 2.81. The van der Waals surface area contributed by atoms with Crippen molar-refractivity contribution in [2.75, 3.05) is 14.1 Å². The average molecular weight is 229 g/mol. The molecule has 1 aliphatic rings. The molecule has 0 fully saturated rings. The Balaban J connectivity index is 2.19. The third kappa shape index (κ3) is 1.75. The number of nitrogens with zero attached hydrogens (tertiary/aromatic N) is 3. The molecule has 0 N–H and O–H groups in total. The maximum atomic E-state index is 4.84. The average Bonchev–Trinajstić information content (AvgIpc) is 2.54. The zero-order valence-corrected chi connectivity index (χ0v) is 10.6. The van der Waals surface area contributed by atoms with Gasteiger partial charge in [-0.15, -0.1) is 0 Å². The molecule has 17 heavy (non-hydrogen) atoms. The molecule has 2 aromatic rings. The van der Waals surface area contributed by atoms with Crippen LogP contribution in [0.4, 0.5) is 0 Å². The molecule has 1 atom stereocenters. The van der Waals surface area contributed by atoms with Crippen LogP contribution in [0.15, 0.2) is 24.3 Å². The van der Waals surface area contributed by atoms with Gasteiger partial charge in [-0.1, -0.05) is 12.1 Å². The topological polar surface area (TPSA) is 21.1 Å². The largest absolute Gasteiger partial charge is 0.327 e. The Kier molecular flexibility index (Phi) is 2.63. The Hall–Kier alpha value is -1.35. The summed E-state index contributed by atoms with van der Waals surface area (Å²) in [5, 5.41) is 0. The van der Waals surface area contributed by atoms with Crippen LogP contribution in [0.2, 0.25) is 0 Å². The second kappa shape index (κ2) is 4.15. The molecule has 0 saturated heterocycles. The van der Waals surface area contributed by atoms with Crippen molar-refractivity contribution in [3.8, 4) is 0 Å². The van der Waals surface area contributed by atoms with Crippen LogP contribution in [0.3, 0.4) is 0 Å². The Labute approximate surface area is 102 Å². The zero-order valence-electron chi connectivity index (χ0n) is 10.6. The van der Waals surface area contributed by atoms with Crippen LogP contribution in [-0.4, -0.2) is 28.5 Å². The molecule has 0 bridgehead atoms. The molecule has 0 unspecified atom stereocenters. The van der Waals surface area contributed by atoms with E-state index in [1.54, 1.807) is 0 Å². The maximum absolute atomic E-state index is 4.84. The summed E-state index contributed by atoms with van der Waals surface area (Å²) < 4.78 is 2.41. The van der Waals surface area contributed by atoms with Crippen molar-refractivity contribution in [1.82, 2.24) is 14.5 Å². The predicted octanol–water partition coefficient (Wildman–Crippen LogP) is 2.82. The van der Waals surface area contributed by atoms with Crippen LogP contribution in [0.5, 0.6) is 0 Å². The molecule has 1 aliphatic heterocycles. The van der Waals surface area contributed by atoms with Crippen molar-refractivity contribution in [3.05, 3.63) is 30.1 Å². The van der Waals surface area contributed by atoms with Crippen LogP contribution in [0.25, 0.3) is 11.0 Å². The summed E-state index contributed by atoms with van der Waals surface area (Å²) >= 11 is 0. The highest BCUT2D eigenvalue weighted by Crippen LogP contribution is 2.30. The van der Waals surface area contributed by atoms with Gasteiger partial charge >= 0.3 is 0 Å². The van der Waals surface area contributed by atoms with Crippen molar-refractivity contribution < 1.29 is 0 Å². The molecule has 0 radical (unpaired) electrons. The first-order valence-corrected chi connectivity index (χ1v) is 6.39. The van der Waals surface area contributed by atoms with Crippen LogP contribution in [-0.2, 0) is 6.54 Å². The van der Waals surface area contributed by atoms with E-state index in [4.69, 9.17) is 4.98 Å². The summed E-state index contributed by atoms with van der Waals surface area (Å²) in [5.41, 5.74) is 2.42. The lowest BCUT2D eigenvalue weighted by Crippen LogP contribution is -2.22. The van der Waals surface area contributed by atoms with Gasteiger partial charge in [0.05, 0.1) is 17.1 Å². The smallest absolute Gasteiger partial charge is 0.127 e. The van der Waals surface area contributed by atoms with Crippen molar-refractivity contribution in [3.63, 3.8) is 0 Å². The van der Waals surface area contributed by atoms with Gasteiger partial charge < -0.3 is 4.57 Å². The lowest BCUT2D eigenvalue weighted by Gasteiger charge is -2.22. The van der Waals surface area contributed by atoms with E-state index in [-0.39, 0.29) is 0 Å². The highest BCUT2D eigenvalue weighted by atomic mass is 15.2. The minimum atomic E-state index is 0.463. The molecule has 2 heterocycles. The molecular formula is C14H19N3. The van der Waals surface area contributed by atoms with Crippen molar-refractivity contribution >= 4 is 11.0 Å². The standard InChI is InChI=1S/C14H19N3/c1-16(2)13-9-5-6-10-17-12-8-4-3-7-11(12)15-14(13)17/h3-4,7-8,13H,5-6,9-10H2,1-2H3/t13-/m0/s1. The zero-order chi connectivity index (χ0) is 11.8. The Morgan fingerprint density at radius 2 is 2.06 bits per heavy atom. The van der Waals surface area contributed by atoms with Gasteiger partial charge in [0.1, 0.15) is 5.82 Å². The predicted molar refractivity (Wildman–Crippen MR) is 70.0 cm³/mol. The monoisotopic (exact) mass is 229 g/mol. The Morgan fingerprint density at radius 1 is 1.24 bits per heavy atom. The normalized spacial score (nSPS) is 20.5. The second-order valence-electron chi connectivity index (χ2n) is 5.09. The number of hydrogen-bond donors (Lipinski definition) is 0. The van der Waals surface area contributed by atoms with E-state index in [0.29, 0.717) is 6.04 Å². The van der Waals surface area contributed by atoms with E-state index in [1.165, 1.54) is 30.6 Å². The maximum Gasteiger partial charge on any atom is 0.127 e. The molecule has 0 spiro atoms. The molecular weight excluding hydrogens is 210 g/mol. The van der Waals surface area contributed by atoms with E-state index >= 15 is 0 Å². The molecule has 0 amide bonds. The summed E-state index contributed by atoms with van der Waals surface area (Å²) in [4.78, 5) is 7.13. The number of fused-ring (bicyclic) bond motifs is 3. The number of rotatable bonds is 1. The number of imidazole rings is 1. The second-order valence-corrected chi connectivity index (χ2v) is 5.09. The molecule has 0 aliphatic carbocycles. The number of para-hydroxylation sites is 2. The third-order valence-corrected chi connectivity index (χ3v) is 3.71. The van der Waals surface area contributed by atoms with Gasteiger partial charge in [0, 0.05) is 6.54 Å². The lowest BCUT2D eigenvalue weighted by atomic mass is 10.1. The van der Waals surface area contributed by atoms with Gasteiger partial charge in [-0.05, 0) is 45.5 Å². The van der Waals surface area contributed by atoms with Crippen LogP contribution >= 0.6 is 0 Å². The summed E-state index contributed by atoms with van der Waals surface area (Å²) in [6.45, 7) is 1.11. The lowest BCUT2D eigenvalue weighted by molar-refractivity contribution is 0.272. The first-order chi connectivity index (χ1) is 8.27. The number of benzene rings is 1. The minimum Gasteiger partial charge on any atom is -0.327 e. The molecule has 3 heteroatoms. The van der Waals surface area contributed by atoms with E-state index in [1.807, 2.05) is 0 Å². The molecule has 1 aromatic carbocycles. The quantitative estimate of drug-likeness (QED) is 0.749. The number of aromatic nitrogens is 2. The fourth-order valence-corrected chi connectivity index (χ4v) is 2.81. The molecule has 3 rings (SSSR count). The summed E-state index contributed by atoms with van der Waals surface area (Å²) in [6, 6.07) is 8.94. The van der Waals surface area contributed by atoms with E-state index in [9.17, 15) is 0 Å². The SMILES string of the molecule is CN(C)[C@H]1CCCCn2c1nc1ccccc12. The van der Waals surface area contributed by atoms with Crippen LogP contribution in [0.1, 0.15) is 31.1 Å². The molecule has 0 saturated carbocycles. The van der Waals surface area contributed by atoms with E-state index < -0.39 is 0 Å². The van der Waals surface area contributed by atoms with Crippen molar-refractivity contribution in [1.29, 1.82) is 0 Å². The van der Waals surface area contributed by atoms with Crippen molar-refractivity contribution in [2.24, 2.45) is 0 Å². The van der Waals surface area contributed by atoms with Crippen LogP contribution < -0.4 is 0 Å². The summed E-state index contributed by atoms with van der Waals surface area (Å²) in [7, 11) is 4.30. The van der Waals surface area contributed by atoms with Gasteiger partial charge in [0.15, 0.2) is 0 Å². The van der Waals surface area contributed by atoms with Gasteiger partial charge in [0.25, 0.3) is 0 Å². The molecule has 90 valence electrons. The van der Waals surface area contributed by atoms with Gasteiger partial charge in [-0.3, -0.25) is 4.90 Å². The third-order valence-electron chi connectivity index (χ3n) is 3.71. The first kappa shape index (κ1) is 10.8. The van der Waals surface area contributed by atoms with Gasteiger partial charge in [-0.25, -0.2) is 4.98 Å². The number of aryl methyl sites for hydroxylation is 1. The minimum absolute atomic E-state index is 0.463. The van der Waals surface area contributed by atoms with E-state index in [2.05, 4.69) is 47.8 Å². The van der Waals surface area contributed by atoms with Crippen LogP contribution in [0, 0.1) is 0 Å². The summed E-state index contributed by atoms with van der Waals surface area (Å²) in [5.74, 6) is 1.24. The molecule has 3 nitrogen and oxygen atoms in total.